The van der Waals surface area contributed by atoms with Gasteiger partial charge in [-0.15, -0.1) is 0 Å². The van der Waals surface area contributed by atoms with Gasteiger partial charge in [-0.05, 0) is 30.8 Å². The maximum Gasteiger partial charge on any atom is 0.261 e. The Labute approximate surface area is 260 Å². The van der Waals surface area contributed by atoms with Gasteiger partial charge < -0.3 is 14.0 Å². The Hall–Kier alpha value is -3.32. The molecule has 6 heteroatoms. The van der Waals surface area contributed by atoms with Crippen molar-refractivity contribution in [2.45, 2.75) is 63.6 Å². The van der Waals surface area contributed by atoms with Gasteiger partial charge in [-0.2, -0.15) is 5.26 Å². The van der Waals surface area contributed by atoms with Crippen LogP contribution in [-0.4, -0.2) is 40.6 Å². The van der Waals surface area contributed by atoms with Crippen molar-refractivity contribution < 1.29 is 14.0 Å². The van der Waals surface area contributed by atoms with Gasteiger partial charge in [0.1, 0.15) is 0 Å². The zero-order valence-corrected chi connectivity index (χ0v) is 28.4. The second-order valence-electron chi connectivity index (χ2n) is 13.4. The number of nitriles is 1. The Morgan fingerprint density at radius 1 is 0.558 bits per heavy atom. The second kappa shape index (κ2) is 13.1. The molecular formula is C37H45NO3Si2. The van der Waals surface area contributed by atoms with Crippen LogP contribution >= 0.6 is 0 Å². The molecule has 1 unspecified atom stereocenters. The fourth-order valence-corrected chi connectivity index (χ4v) is 15.5. The molecule has 1 N–H and O–H groups in total. The minimum atomic E-state index is -2.93. The second-order valence-corrected chi connectivity index (χ2v) is 22.0. The van der Waals surface area contributed by atoms with Gasteiger partial charge in [0.15, 0.2) is 5.60 Å². The normalized spacial score (nSPS) is 14.1. The first kappa shape index (κ1) is 32.6. The van der Waals surface area contributed by atoms with Crippen molar-refractivity contribution in [3.63, 3.8) is 0 Å². The Bertz CT molecular complexity index is 1400. The molecule has 4 aromatic carbocycles. The first-order valence-electron chi connectivity index (χ1n) is 15.0. The topological polar surface area (TPSA) is 62.5 Å². The first-order chi connectivity index (χ1) is 20.4. The van der Waals surface area contributed by atoms with Crippen molar-refractivity contribution >= 4 is 37.4 Å². The van der Waals surface area contributed by atoms with Crippen LogP contribution in [0.3, 0.4) is 0 Å². The van der Waals surface area contributed by atoms with Crippen LogP contribution in [-0.2, 0) is 8.85 Å². The lowest BCUT2D eigenvalue weighted by Crippen LogP contribution is -2.68. The highest BCUT2D eigenvalue weighted by atomic mass is 28.4. The molecule has 4 aromatic rings. The predicted octanol–water partition coefficient (Wildman–Crippen LogP) is 5.78. The van der Waals surface area contributed by atoms with Crippen molar-refractivity contribution in [2.75, 3.05) is 13.2 Å². The van der Waals surface area contributed by atoms with Crippen LogP contribution in [0.25, 0.3) is 0 Å². The molecule has 0 spiro atoms. The van der Waals surface area contributed by atoms with E-state index in [1.165, 1.54) is 0 Å². The summed E-state index contributed by atoms with van der Waals surface area (Å²) >= 11 is 0. The fourth-order valence-electron chi connectivity index (χ4n) is 6.28. The third-order valence-corrected chi connectivity index (χ3v) is 18.4. The van der Waals surface area contributed by atoms with E-state index in [9.17, 15) is 10.4 Å². The average Bonchev–Trinajstić information content (AvgIpc) is 3.00. The van der Waals surface area contributed by atoms with Crippen LogP contribution in [0.5, 0.6) is 0 Å². The molecule has 1 atom stereocenters. The molecule has 0 radical (unpaired) electrons. The monoisotopic (exact) mass is 607 g/mol. The van der Waals surface area contributed by atoms with Crippen molar-refractivity contribution in [1.29, 1.82) is 5.26 Å². The quantitative estimate of drug-likeness (QED) is 0.173. The Balaban J connectivity index is 1.67. The number of nitrogens with zero attached hydrogens (tertiary/aromatic N) is 1. The fraction of sp³-hybridized carbons (Fsp3) is 0.324. The first-order valence-corrected chi connectivity index (χ1v) is 18.8. The van der Waals surface area contributed by atoms with E-state index in [1.807, 2.05) is 48.5 Å². The minimum absolute atomic E-state index is 0.110. The van der Waals surface area contributed by atoms with Crippen LogP contribution < -0.4 is 20.7 Å². The SMILES string of the molecule is CC(C)(C)[Si](OCCC(O)(C#N)CO[Si](c1ccccc1)(c1ccccc1)C(C)(C)C)(c1ccccc1)c1ccccc1. The van der Waals surface area contributed by atoms with Crippen molar-refractivity contribution in [3.05, 3.63) is 121 Å². The van der Waals surface area contributed by atoms with Gasteiger partial charge in [0, 0.05) is 13.0 Å². The summed E-state index contributed by atoms with van der Waals surface area (Å²) in [6.07, 6.45) is 0.131. The summed E-state index contributed by atoms with van der Waals surface area (Å²) in [5, 5.41) is 26.2. The predicted molar refractivity (Wildman–Crippen MR) is 182 cm³/mol. The van der Waals surface area contributed by atoms with E-state index in [1.54, 1.807) is 0 Å². The molecule has 224 valence electrons. The van der Waals surface area contributed by atoms with Gasteiger partial charge in [0.25, 0.3) is 16.6 Å². The van der Waals surface area contributed by atoms with Crippen LogP contribution in [0.1, 0.15) is 48.0 Å². The third-order valence-electron chi connectivity index (χ3n) is 8.40. The van der Waals surface area contributed by atoms with E-state index in [0.717, 1.165) is 20.7 Å². The molecule has 0 aliphatic carbocycles. The van der Waals surface area contributed by atoms with E-state index in [4.69, 9.17) is 8.85 Å². The Morgan fingerprint density at radius 2 is 0.860 bits per heavy atom. The summed E-state index contributed by atoms with van der Waals surface area (Å²) in [6, 6.07) is 43.6. The maximum atomic E-state index is 11.8. The summed E-state index contributed by atoms with van der Waals surface area (Å²) in [4.78, 5) is 0. The molecular weight excluding hydrogens is 563 g/mol. The Morgan fingerprint density at radius 3 is 1.14 bits per heavy atom. The molecule has 0 amide bonds. The van der Waals surface area contributed by atoms with Gasteiger partial charge >= 0.3 is 0 Å². The lowest BCUT2D eigenvalue weighted by atomic mass is 10.0. The van der Waals surface area contributed by atoms with Crippen LogP contribution in [0, 0.1) is 11.3 Å². The molecule has 0 heterocycles. The molecule has 0 fully saturated rings. The average molecular weight is 608 g/mol. The number of rotatable bonds is 11. The highest BCUT2D eigenvalue weighted by molar-refractivity contribution is 7.00. The van der Waals surface area contributed by atoms with Crippen molar-refractivity contribution in [2.24, 2.45) is 0 Å². The molecule has 4 nitrogen and oxygen atoms in total. The van der Waals surface area contributed by atoms with Gasteiger partial charge in [-0.3, -0.25) is 0 Å². The number of hydrogen-bond acceptors (Lipinski definition) is 4. The van der Waals surface area contributed by atoms with Gasteiger partial charge in [0.2, 0.25) is 0 Å². The standard InChI is InChI=1S/C37H45NO3Si2/c1-35(2,3)42(31-19-11-7-12-20-31,32-21-13-8-14-22-32)40-28-27-37(39,29-38)30-41-43(36(4,5)6,33-23-15-9-16-24-33)34-25-17-10-18-26-34/h7-26,39H,27-28,30H2,1-6H3. The van der Waals surface area contributed by atoms with Crippen LogP contribution in [0.15, 0.2) is 121 Å². The van der Waals surface area contributed by atoms with E-state index in [0.29, 0.717) is 0 Å². The molecule has 0 aliphatic rings. The molecule has 0 saturated heterocycles. The Kier molecular flexibility index (Phi) is 9.95. The smallest absolute Gasteiger partial charge is 0.261 e. The summed E-state index contributed by atoms with van der Waals surface area (Å²) in [5.41, 5.74) is -1.72. The largest absolute Gasteiger partial charge is 0.407 e. The maximum absolute atomic E-state index is 11.8. The molecule has 4 rings (SSSR count). The summed E-state index contributed by atoms with van der Waals surface area (Å²) in [6.45, 7) is 13.4. The zero-order valence-electron chi connectivity index (χ0n) is 26.4. The van der Waals surface area contributed by atoms with Crippen molar-refractivity contribution in [1.82, 2.24) is 0 Å². The van der Waals surface area contributed by atoms with E-state index in [2.05, 4.69) is 120 Å². The van der Waals surface area contributed by atoms with Gasteiger partial charge in [-0.25, -0.2) is 0 Å². The molecule has 0 aromatic heterocycles. The van der Waals surface area contributed by atoms with Gasteiger partial charge in [-0.1, -0.05) is 163 Å². The molecule has 0 aliphatic heterocycles. The number of benzene rings is 4. The van der Waals surface area contributed by atoms with Gasteiger partial charge in [0.05, 0.1) is 12.7 Å². The minimum Gasteiger partial charge on any atom is -0.407 e. The summed E-state index contributed by atoms with van der Waals surface area (Å²) < 4.78 is 14.0. The third kappa shape index (κ3) is 6.62. The molecule has 0 bridgehead atoms. The van der Waals surface area contributed by atoms with E-state index >= 15 is 0 Å². The van der Waals surface area contributed by atoms with Crippen LogP contribution in [0.4, 0.5) is 0 Å². The van der Waals surface area contributed by atoms with Crippen molar-refractivity contribution in [3.8, 4) is 6.07 Å². The highest BCUT2D eigenvalue weighted by Crippen LogP contribution is 2.39. The lowest BCUT2D eigenvalue weighted by molar-refractivity contribution is 0.0217. The zero-order chi connectivity index (χ0) is 31.2. The highest BCUT2D eigenvalue weighted by Gasteiger charge is 2.52. The molecule has 0 saturated carbocycles. The van der Waals surface area contributed by atoms with E-state index < -0.39 is 22.2 Å². The summed E-state index contributed by atoms with van der Waals surface area (Å²) in [7, 11) is -5.74. The number of aliphatic hydroxyl groups is 1. The lowest BCUT2D eigenvalue weighted by Gasteiger charge is -2.44. The van der Waals surface area contributed by atoms with E-state index in [-0.39, 0.29) is 29.7 Å². The summed E-state index contributed by atoms with van der Waals surface area (Å²) in [5.74, 6) is 0. The molecule has 43 heavy (non-hydrogen) atoms. The van der Waals surface area contributed by atoms with Crippen LogP contribution in [0.2, 0.25) is 10.1 Å². The number of hydrogen-bond donors (Lipinski definition) is 1.